The van der Waals surface area contributed by atoms with Crippen LogP contribution in [0, 0.1) is 5.82 Å². The van der Waals surface area contributed by atoms with Crippen LogP contribution in [0.4, 0.5) is 10.1 Å². The molecule has 0 saturated heterocycles. The Balaban J connectivity index is 2.39. The molecule has 1 aromatic carbocycles. The molecule has 21 heavy (non-hydrogen) atoms. The number of aromatic carboxylic acids is 1. The number of hydrogen-bond acceptors (Lipinski definition) is 5. The number of carboxylic acid groups (broad SMARTS) is 1. The molecule has 0 aliphatic rings. The van der Waals surface area contributed by atoms with Crippen molar-refractivity contribution in [2.45, 2.75) is 29.9 Å². The van der Waals surface area contributed by atoms with E-state index in [1.54, 1.807) is 0 Å². The number of carbonyl (C=O) groups is 1. The molecule has 4 N–H and O–H groups in total. The number of halogens is 1. The number of nitrogens with two attached hydrogens (primary N) is 1. The Bertz CT molecular complexity index is 741. The Morgan fingerprint density at radius 3 is 2.90 bits per heavy atom. The van der Waals surface area contributed by atoms with Gasteiger partial charge in [0.05, 0.1) is 5.56 Å². The van der Waals surface area contributed by atoms with Gasteiger partial charge in [-0.1, -0.05) is 6.92 Å². The monoisotopic (exact) mass is 312 g/mol. The van der Waals surface area contributed by atoms with Gasteiger partial charge in [0.1, 0.15) is 5.82 Å². The molecule has 1 aromatic heterocycles. The van der Waals surface area contributed by atoms with Crippen molar-refractivity contribution in [3.05, 3.63) is 34.0 Å². The van der Waals surface area contributed by atoms with Gasteiger partial charge in [0, 0.05) is 17.1 Å². The van der Waals surface area contributed by atoms with Crippen molar-refractivity contribution in [1.29, 1.82) is 0 Å². The number of nitrogens with one attached hydrogen (secondary N) is 1. The van der Waals surface area contributed by atoms with Crippen LogP contribution < -0.4 is 11.4 Å². The second-order valence-corrected chi connectivity index (χ2v) is 5.25. The second-order valence-electron chi connectivity index (χ2n) is 4.24. The standard InChI is InChI=1S/C12H13FN4O3S/c1-2-3-17-11(20)15-16-12(17)21-9-5-7(13)6(10(18)19)4-8(9)14/h4-5H,2-3,14H2,1H3,(H,15,20)(H,18,19). The number of anilines is 1. The van der Waals surface area contributed by atoms with Crippen LogP contribution in [0.3, 0.4) is 0 Å². The summed E-state index contributed by atoms with van der Waals surface area (Å²) in [4.78, 5) is 22.7. The molecule has 0 saturated carbocycles. The van der Waals surface area contributed by atoms with Crippen molar-refractivity contribution >= 4 is 23.4 Å². The Hall–Kier alpha value is -2.29. The molecule has 0 amide bonds. The fraction of sp³-hybridized carbons (Fsp3) is 0.250. The van der Waals surface area contributed by atoms with Crippen LogP contribution in [0.2, 0.25) is 0 Å². The molecule has 2 aromatic rings. The molecular weight excluding hydrogens is 299 g/mol. The maximum atomic E-state index is 13.7. The molecule has 0 atom stereocenters. The summed E-state index contributed by atoms with van der Waals surface area (Å²) in [6.45, 7) is 2.37. The molecule has 1 heterocycles. The van der Waals surface area contributed by atoms with Gasteiger partial charge in [0.15, 0.2) is 5.16 Å². The maximum absolute atomic E-state index is 13.7. The molecule has 0 aliphatic carbocycles. The summed E-state index contributed by atoms with van der Waals surface area (Å²) in [5, 5.41) is 15.3. The van der Waals surface area contributed by atoms with E-state index >= 15 is 0 Å². The van der Waals surface area contributed by atoms with E-state index in [1.165, 1.54) is 4.57 Å². The van der Waals surface area contributed by atoms with Crippen LogP contribution in [0.1, 0.15) is 23.7 Å². The van der Waals surface area contributed by atoms with Gasteiger partial charge < -0.3 is 10.8 Å². The van der Waals surface area contributed by atoms with Gasteiger partial charge in [-0.2, -0.15) is 0 Å². The Morgan fingerprint density at radius 1 is 1.57 bits per heavy atom. The maximum Gasteiger partial charge on any atom is 0.343 e. The van der Waals surface area contributed by atoms with Crippen LogP contribution in [0.5, 0.6) is 0 Å². The number of rotatable bonds is 5. The average molecular weight is 312 g/mol. The highest BCUT2D eigenvalue weighted by Crippen LogP contribution is 2.32. The van der Waals surface area contributed by atoms with Crippen molar-refractivity contribution in [1.82, 2.24) is 14.8 Å². The van der Waals surface area contributed by atoms with Gasteiger partial charge in [0.25, 0.3) is 0 Å². The first-order valence-corrected chi connectivity index (χ1v) is 6.91. The minimum absolute atomic E-state index is 0.109. The largest absolute Gasteiger partial charge is 0.478 e. The zero-order chi connectivity index (χ0) is 15.6. The summed E-state index contributed by atoms with van der Waals surface area (Å²) < 4.78 is 15.1. The minimum Gasteiger partial charge on any atom is -0.478 e. The molecule has 9 heteroatoms. The highest BCUT2D eigenvalue weighted by atomic mass is 32.2. The molecule has 0 aliphatic heterocycles. The highest BCUT2D eigenvalue weighted by molar-refractivity contribution is 7.99. The lowest BCUT2D eigenvalue weighted by Crippen LogP contribution is -2.17. The summed E-state index contributed by atoms with van der Waals surface area (Å²) in [5.41, 5.74) is 4.98. The van der Waals surface area contributed by atoms with Gasteiger partial charge >= 0.3 is 11.7 Å². The minimum atomic E-state index is -1.39. The van der Waals surface area contributed by atoms with Gasteiger partial charge in [-0.25, -0.2) is 19.1 Å². The van der Waals surface area contributed by atoms with Gasteiger partial charge in [-0.15, -0.1) is 5.10 Å². The van der Waals surface area contributed by atoms with Crippen LogP contribution in [-0.2, 0) is 6.54 Å². The third-order valence-corrected chi connectivity index (χ3v) is 3.77. The van der Waals surface area contributed by atoms with E-state index in [9.17, 15) is 14.0 Å². The van der Waals surface area contributed by atoms with Crippen LogP contribution in [-0.4, -0.2) is 25.8 Å². The Kier molecular flexibility index (Phi) is 4.32. The molecule has 112 valence electrons. The van der Waals surface area contributed by atoms with E-state index in [4.69, 9.17) is 10.8 Å². The third kappa shape index (κ3) is 3.07. The number of aromatic nitrogens is 3. The van der Waals surface area contributed by atoms with Gasteiger partial charge in [0.2, 0.25) is 0 Å². The summed E-state index contributed by atoms with van der Waals surface area (Å²) in [6, 6.07) is 2.08. The molecular formula is C12H13FN4O3S. The zero-order valence-corrected chi connectivity index (χ0v) is 11.9. The lowest BCUT2D eigenvalue weighted by Gasteiger charge is -2.08. The SMILES string of the molecule is CCCn1c(Sc2cc(F)c(C(=O)O)cc2N)n[nH]c1=O. The predicted molar refractivity (Wildman–Crippen MR) is 75.0 cm³/mol. The quantitative estimate of drug-likeness (QED) is 0.722. The van der Waals surface area contributed by atoms with E-state index < -0.39 is 17.3 Å². The van der Waals surface area contributed by atoms with Crippen molar-refractivity contribution in [3.8, 4) is 0 Å². The van der Waals surface area contributed by atoms with Gasteiger partial charge in [-0.05, 0) is 30.3 Å². The molecule has 0 radical (unpaired) electrons. The first-order valence-electron chi connectivity index (χ1n) is 6.09. The molecule has 2 rings (SSSR count). The van der Waals surface area contributed by atoms with E-state index in [2.05, 4.69) is 10.2 Å². The van der Waals surface area contributed by atoms with Crippen LogP contribution >= 0.6 is 11.8 Å². The molecule has 7 nitrogen and oxygen atoms in total. The van der Waals surface area contributed by atoms with Crippen molar-refractivity contribution < 1.29 is 14.3 Å². The predicted octanol–water partition coefficient (Wildman–Crippen LogP) is 1.55. The molecule has 0 unspecified atom stereocenters. The van der Waals surface area contributed by atoms with Crippen LogP contribution in [0.15, 0.2) is 27.0 Å². The zero-order valence-electron chi connectivity index (χ0n) is 11.1. The van der Waals surface area contributed by atoms with E-state index in [1.807, 2.05) is 6.92 Å². The fourth-order valence-electron chi connectivity index (χ4n) is 1.72. The number of aromatic amines is 1. The normalized spacial score (nSPS) is 10.8. The van der Waals surface area contributed by atoms with E-state index in [-0.39, 0.29) is 11.4 Å². The number of benzene rings is 1. The Morgan fingerprint density at radius 2 is 2.29 bits per heavy atom. The lowest BCUT2D eigenvalue weighted by molar-refractivity contribution is 0.0692. The summed E-state index contributed by atoms with van der Waals surface area (Å²) in [6.07, 6.45) is 0.731. The summed E-state index contributed by atoms with van der Waals surface area (Å²) in [5.74, 6) is -2.28. The number of nitrogen functional groups attached to an aromatic ring is 1. The van der Waals surface area contributed by atoms with Gasteiger partial charge in [-0.3, -0.25) is 4.57 Å². The second kappa shape index (κ2) is 6.00. The molecule has 0 spiro atoms. The summed E-state index contributed by atoms with van der Waals surface area (Å²) >= 11 is 0.999. The highest BCUT2D eigenvalue weighted by Gasteiger charge is 2.16. The number of nitrogens with zero attached hydrogens (tertiary/aromatic N) is 2. The first-order chi connectivity index (χ1) is 9.93. The summed E-state index contributed by atoms with van der Waals surface area (Å²) in [7, 11) is 0. The van der Waals surface area contributed by atoms with E-state index in [0.717, 1.165) is 30.3 Å². The van der Waals surface area contributed by atoms with Crippen molar-refractivity contribution in [3.63, 3.8) is 0 Å². The topological polar surface area (TPSA) is 114 Å². The number of carboxylic acids is 1. The number of H-pyrrole nitrogens is 1. The molecule has 0 fully saturated rings. The third-order valence-electron chi connectivity index (χ3n) is 2.70. The first kappa shape index (κ1) is 15.1. The van der Waals surface area contributed by atoms with Crippen molar-refractivity contribution in [2.24, 2.45) is 0 Å². The number of hydrogen-bond donors (Lipinski definition) is 3. The Labute approximate surface area is 123 Å². The van der Waals surface area contributed by atoms with Crippen LogP contribution in [0.25, 0.3) is 0 Å². The van der Waals surface area contributed by atoms with Crippen molar-refractivity contribution in [2.75, 3.05) is 5.73 Å². The lowest BCUT2D eigenvalue weighted by atomic mass is 10.2. The fourth-order valence-corrected chi connectivity index (χ4v) is 2.64. The van der Waals surface area contributed by atoms with E-state index in [0.29, 0.717) is 16.6 Å². The average Bonchev–Trinajstić information content (AvgIpc) is 2.75. The molecule has 0 bridgehead atoms. The smallest absolute Gasteiger partial charge is 0.343 e.